The molecule has 0 radical (unpaired) electrons. The summed E-state index contributed by atoms with van der Waals surface area (Å²) in [6.07, 6.45) is -0.528. The number of carboxylic acid groups (broad SMARTS) is 3. The SMILES string of the molecule is CCC(=O)CC(=O)[O-].CCC(=O)CC(=O)[O-].CCC(=O)CC(=O)[O-].[La+3]. The number of aliphatic carboxylic acids is 3. The summed E-state index contributed by atoms with van der Waals surface area (Å²) in [4.78, 5) is 59.5. The molecule has 0 rings (SSSR count). The van der Waals surface area contributed by atoms with Crippen molar-refractivity contribution in [3.8, 4) is 0 Å². The Morgan fingerprint density at radius 1 is 0.520 bits per heavy atom. The van der Waals surface area contributed by atoms with E-state index in [2.05, 4.69) is 0 Å². The summed E-state index contributed by atoms with van der Waals surface area (Å²) in [6.45, 7) is 4.85. The number of carboxylic acids is 3. The van der Waals surface area contributed by atoms with Crippen molar-refractivity contribution in [1.29, 1.82) is 0 Å². The first-order valence-corrected chi connectivity index (χ1v) is 7.14. The van der Waals surface area contributed by atoms with Crippen LogP contribution in [0.4, 0.5) is 0 Å². The molecule has 10 heteroatoms. The van der Waals surface area contributed by atoms with E-state index in [1.807, 2.05) is 0 Å². The fourth-order valence-corrected chi connectivity index (χ4v) is 0.858. The van der Waals surface area contributed by atoms with Crippen LogP contribution in [-0.2, 0) is 28.8 Å². The van der Waals surface area contributed by atoms with Crippen molar-refractivity contribution >= 4 is 35.3 Å². The summed E-state index contributed by atoms with van der Waals surface area (Å²) >= 11 is 0. The molecule has 0 atom stereocenters. The van der Waals surface area contributed by atoms with Gasteiger partial charge in [0.05, 0.1) is 0 Å². The molecular formula is C15H21LaO9. The van der Waals surface area contributed by atoms with E-state index in [4.69, 9.17) is 0 Å². The number of rotatable bonds is 9. The Kier molecular flexibility index (Phi) is 25.9. The molecule has 0 saturated carbocycles. The molecule has 0 unspecified atom stereocenters. The summed E-state index contributed by atoms with van der Waals surface area (Å²) in [6, 6.07) is 0. The Morgan fingerprint density at radius 2 is 0.680 bits per heavy atom. The average Bonchev–Trinajstić information content (AvgIpc) is 2.46. The van der Waals surface area contributed by atoms with Gasteiger partial charge >= 0.3 is 35.6 Å². The predicted octanol–water partition coefficient (Wildman–Crippen LogP) is -2.68. The van der Waals surface area contributed by atoms with Crippen LogP contribution in [0.5, 0.6) is 0 Å². The molecule has 0 spiro atoms. The van der Waals surface area contributed by atoms with Gasteiger partial charge in [0.2, 0.25) is 0 Å². The second-order valence-electron chi connectivity index (χ2n) is 4.32. The van der Waals surface area contributed by atoms with Crippen molar-refractivity contribution in [2.75, 3.05) is 0 Å². The molecule has 0 aromatic carbocycles. The smallest absolute Gasteiger partial charge is 0.550 e. The minimum Gasteiger partial charge on any atom is -0.550 e. The number of hydrogen-bond acceptors (Lipinski definition) is 9. The fraction of sp³-hybridized carbons (Fsp3) is 0.600. The molecule has 0 saturated heterocycles. The quantitative estimate of drug-likeness (QED) is 0.316. The van der Waals surface area contributed by atoms with Crippen molar-refractivity contribution < 1.29 is 79.7 Å². The maximum Gasteiger partial charge on any atom is 3.00 e. The second-order valence-corrected chi connectivity index (χ2v) is 4.32. The van der Waals surface area contributed by atoms with E-state index in [0.717, 1.165) is 0 Å². The van der Waals surface area contributed by atoms with Gasteiger partial charge in [0.15, 0.2) is 0 Å². The van der Waals surface area contributed by atoms with E-state index in [-0.39, 0.29) is 72.2 Å². The third-order valence-corrected chi connectivity index (χ3v) is 2.21. The van der Waals surface area contributed by atoms with Crippen LogP contribution in [0.1, 0.15) is 59.3 Å². The van der Waals surface area contributed by atoms with Crippen LogP contribution < -0.4 is 15.3 Å². The molecule has 25 heavy (non-hydrogen) atoms. The first kappa shape index (κ1) is 31.4. The summed E-state index contributed by atoms with van der Waals surface area (Å²) in [5.74, 6) is -4.74. The molecule has 138 valence electrons. The Balaban J connectivity index is -0.000000130. The van der Waals surface area contributed by atoms with Crippen molar-refractivity contribution in [1.82, 2.24) is 0 Å². The number of carbonyl (C=O) groups excluding carboxylic acids is 6. The number of Topliss-reactive ketones (excluding diaryl/α,β-unsaturated/α-hetero) is 3. The summed E-state index contributed by atoms with van der Waals surface area (Å²) in [5, 5.41) is 28.9. The zero-order valence-electron chi connectivity index (χ0n) is 14.5. The van der Waals surface area contributed by atoms with E-state index >= 15 is 0 Å². The minimum absolute atomic E-state index is 0. The predicted molar refractivity (Wildman–Crippen MR) is 74.8 cm³/mol. The minimum atomic E-state index is -1.29. The second kappa shape index (κ2) is 20.7. The van der Waals surface area contributed by atoms with Crippen molar-refractivity contribution in [3.05, 3.63) is 0 Å². The Hall–Kier alpha value is -1.39. The molecule has 0 aliphatic heterocycles. The van der Waals surface area contributed by atoms with Gasteiger partial charge in [-0.1, -0.05) is 20.8 Å². The number of hydrogen-bond donors (Lipinski definition) is 0. The molecule has 0 fully saturated rings. The van der Waals surface area contributed by atoms with Gasteiger partial charge in [-0.2, -0.15) is 0 Å². The van der Waals surface area contributed by atoms with Crippen molar-refractivity contribution in [3.63, 3.8) is 0 Å². The Morgan fingerprint density at radius 3 is 0.720 bits per heavy atom. The van der Waals surface area contributed by atoms with E-state index < -0.39 is 37.2 Å². The monoisotopic (exact) mass is 484 g/mol. The molecule has 0 heterocycles. The van der Waals surface area contributed by atoms with Gasteiger partial charge in [-0.3, -0.25) is 14.4 Å². The largest absolute Gasteiger partial charge is 3.00 e. The summed E-state index contributed by atoms with van der Waals surface area (Å²) < 4.78 is 0. The van der Waals surface area contributed by atoms with Crippen LogP contribution in [0, 0.1) is 35.6 Å². The molecule has 0 aromatic heterocycles. The van der Waals surface area contributed by atoms with Crippen LogP contribution in [0.25, 0.3) is 0 Å². The molecule has 0 amide bonds. The van der Waals surface area contributed by atoms with E-state index in [9.17, 15) is 44.1 Å². The molecule has 0 aliphatic carbocycles. The van der Waals surface area contributed by atoms with Crippen LogP contribution in [0.2, 0.25) is 0 Å². The number of ketones is 3. The first-order valence-electron chi connectivity index (χ1n) is 7.14. The summed E-state index contributed by atoms with van der Waals surface area (Å²) in [7, 11) is 0. The van der Waals surface area contributed by atoms with Gasteiger partial charge in [0.1, 0.15) is 17.3 Å². The standard InChI is InChI=1S/3C5H8O3.La/c3*1-2-4(6)3-5(7)8;/h3*2-3H2,1H3,(H,7,8);/q;;;+3/p-3. The van der Waals surface area contributed by atoms with Gasteiger partial charge in [-0.15, -0.1) is 0 Å². The van der Waals surface area contributed by atoms with Crippen LogP contribution in [0.3, 0.4) is 0 Å². The van der Waals surface area contributed by atoms with Crippen LogP contribution in [-0.4, -0.2) is 35.3 Å². The Bertz CT molecular complexity index is 391. The first-order chi connectivity index (χ1) is 11.0. The zero-order chi connectivity index (χ0) is 19.7. The number of carbonyl (C=O) groups is 6. The van der Waals surface area contributed by atoms with Gasteiger partial charge in [-0.05, 0) is 0 Å². The third kappa shape index (κ3) is 34.8. The van der Waals surface area contributed by atoms with E-state index in [1.54, 1.807) is 20.8 Å². The van der Waals surface area contributed by atoms with Crippen molar-refractivity contribution in [2.24, 2.45) is 0 Å². The fourth-order valence-electron chi connectivity index (χ4n) is 0.858. The maximum atomic E-state index is 10.2. The van der Waals surface area contributed by atoms with E-state index in [0.29, 0.717) is 0 Å². The van der Waals surface area contributed by atoms with Gasteiger partial charge in [0.25, 0.3) is 0 Å². The zero-order valence-corrected chi connectivity index (χ0v) is 18.1. The summed E-state index contributed by atoms with van der Waals surface area (Å²) in [5.41, 5.74) is 0. The maximum absolute atomic E-state index is 10.2. The normalized spacial score (nSPS) is 8.28. The van der Waals surface area contributed by atoms with Crippen molar-refractivity contribution in [2.45, 2.75) is 59.3 Å². The van der Waals surface area contributed by atoms with Gasteiger partial charge in [-0.25, -0.2) is 0 Å². The third-order valence-electron chi connectivity index (χ3n) is 2.21. The van der Waals surface area contributed by atoms with E-state index in [1.165, 1.54) is 0 Å². The van der Waals surface area contributed by atoms with Crippen LogP contribution >= 0.6 is 0 Å². The topological polar surface area (TPSA) is 172 Å². The molecule has 9 nitrogen and oxygen atoms in total. The van der Waals surface area contributed by atoms with Gasteiger partial charge in [0, 0.05) is 56.4 Å². The molecule has 0 aliphatic rings. The molecule has 0 aromatic rings. The molecular weight excluding hydrogens is 463 g/mol. The van der Waals surface area contributed by atoms with Crippen LogP contribution in [0.15, 0.2) is 0 Å². The average molecular weight is 484 g/mol. The molecule has 0 N–H and O–H groups in total. The molecule has 0 bridgehead atoms. The Labute approximate surface area is 173 Å². The van der Waals surface area contributed by atoms with Gasteiger partial charge < -0.3 is 29.7 Å².